The zero-order valence-electron chi connectivity index (χ0n) is 15.2. The summed E-state index contributed by atoms with van der Waals surface area (Å²) in [4.78, 5) is 22.9. The Morgan fingerprint density at radius 2 is 2.00 bits per heavy atom. The molecule has 6 nitrogen and oxygen atoms in total. The van der Waals surface area contributed by atoms with E-state index in [0.29, 0.717) is 23.1 Å². The SMILES string of the molecule is COC(=O)C1CN(c2ncnc3cc(Cl)c(-c4ccc(Cl)cc4)cc23)CCN1. The van der Waals surface area contributed by atoms with Crippen LogP contribution in [0.1, 0.15) is 0 Å². The normalized spacial score (nSPS) is 17.0. The monoisotopic (exact) mass is 416 g/mol. The maximum absolute atomic E-state index is 11.9. The second kappa shape index (κ2) is 7.91. The Balaban J connectivity index is 1.78. The van der Waals surface area contributed by atoms with E-state index in [-0.39, 0.29) is 5.97 Å². The topological polar surface area (TPSA) is 67.3 Å². The molecule has 0 bridgehead atoms. The minimum absolute atomic E-state index is 0.284. The number of aromatic nitrogens is 2. The summed E-state index contributed by atoms with van der Waals surface area (Å²) < 4.78 is 4.87. The number of ether oxygens (including phenoxy) is 1. The summed E-state index contributed by atoms with van der Waals surface area (Å²) in [6, 6.07) is 11.0. The van der Waals surface area contributed by atoms with E-state index in [0.717, 1.165) is 34.4 Å². The van der Waals surface area contributed by atoms with Crippen molar-refractivity contribution in [2.24, 2.45) is 0 Å². The van der Waals surface area contributed by atoms with Gasteiger partial charge in [-0.15, -0.1) is 0 Å². The van der Waals surface area contributed by atoms with Crippen LogP contribution in [0.25, 0.3) is 22.0 Å². The maximum atomic E-state index is 11.9. The van der Waals surface area contributed by atoms with Gasteiger partial charge in [-0.2, -0.15) is 0 Å². The van der Waals surface area contributed by atoms with Gasteiger partial charge >= 0.3 is 5.97 Å². The first-order valence-corrected chi connectivity index (χ1v) is 9.59. The molecule has 1 aliphatic heterocycles. The molecule has 8 heteroatoms. The van der Waals surface area contributed by atoms with Gasteiger partial charge in [0.05, 0.1) is 17.6 Å². The third-order valence-electron chi connectivity index (χ3n) is 4.82. The molecule has 4 rings (SSSR count). The number of rotatable bonds is 3. The van der Waals surface area contributed by atoms with Crippen LogP contribution in [-0.2, 0) is 9.53 Å². The highest BCUT2D eigenvalue weighted by atomic mass is 35.5. The van der Waals surface area contributed by atoms with Gasteiger partial charge in [-0.3, -0.25) is 4.79 Å². The number of fused-ring (bicyclic) bond motifs is 1. The summed E-state index contributed by atoms with van der Waals surface area (Å²) in [6.45, 7) is 1.85. The van der Waals surface area contributed by atoms with Crippen molar-refractivity contribution in [3.05, 3.63) is 52.8 Å². The molecule has 2 heterocycles. The van der Waals surface area contributed by atoms with Gasteiger partial charge in [0.15, 0.2) is 0 Å². The van der Waals surface area contributed by atoms with Crippen LogP contribution in [0.4, 0.5) is 5.82 Å². The molecular weight excluding hydrogens is 399 g/mol. The van der Waals surface area contributed by atoms with E-state index in [1.807, 2.05) is 36.4 Å². The van der Waals surface area contributed by atoms with Crippen LogP contribution in [0, 0.1) is 0 Å². The summed E-state index contributed by atoms with van der Waals surface area (Å²) in [7, 11) is 1.39. The van der Waals surface area contributed by atoms with E-state index in [9.17, 15) is 4.79 Å². The molecule has 0 spiro atoms. The average Bonchev–Trinajstić information content (AvgIpc) is 2.73. The van der Waals surface area contributed by atoms with Crippen LogP contribution in [0.5, 0.6) is 0 Å². The van der Waals surface area contributed by atoms with Crippen molar-refractivity contribution >= 4 is 45.9 Å². The standard InChI is InChI=1S/C20H18Cl2N4O2/c1-28-20(27)18-10-26(7-6-23-18)19-15-8-14(12-2-4-13(21)5-3-12)16(22)9-17(15)24-11-25-19/h2-5,8-9,11,18,23H,6-7,10H2,1H3. The number of piperazine rings is 1. The molecule has 144 valence electrons. The Kier molecular flexibility index (Phi) is 5.35. The lowest BCUT2D eigenvalue weighted by Gasteiger charge is -2.33. The van der Waals surface area contributed by atoms with Gasteiger partial charge in [-0.25, -0.2) is 9.97 Å². The van der Waals surface area contributed by atoms with Crippen LogP contribution >= 0.6 is 23.2 Å². The highest BCUT2D eigenvalue weighted by molar-refractivity contribution is 6.34. The van der Waals surface area contributed by atoms with Crippen molar-refractivity contribution in [2.45, 2.75) is 6.04 Å². The minimum Gasteiger partial charge on any atom is -0.468 e. The van der Waals surface area contributed by atoms with Crippen LogP contribution in [0.15, 0.2) is 42.7 Å². The fraction of sp³-hybridized carbons (Fsp3) is 0.250. The maximum Gasteiger partial charge on any atom is 0.324 e. The number of hydrogen-bond donors (Lipinski definition) is 1. The quantitative estimate of drug-likeness (QED) is 0.658. The van der Waals surface area contributed by atoms with Crippen molar-refractivity contribution < 1.29 is 9.53 Å². The highest BCUT2D eigenvalue weighted by Gasteiger charge is 2.27. The number of esters is 1. The molecule has 1 aromatic heterocycles. The van der Waals surface area contributed by atoms with Gasteiger partial charge in [-0.1, -0.05) is 35.3 Å². The van der Waals surface area contributed by atoms with Gasteiger partial charge in [0.1, 0.15) is 18.2 Å². The number of halogens is 2. The molecule has 0 amide bonds. The summed E-state index contributed by atoms with van der Waals surface area (Å²) in [5.41, 5.74) is 2.58. The molecule has 2 aromatic carbocycles. The van der Waals surface area contributed by atoms with Gasteiger partial charge < -0.3 is 15.0 Å². The number of carbonyl (C=O) groups is 1. The molecule has 1 fully saturated rings. The Labute approximate surface area is 172 Å². The number of nitrogens with one attached hydrogen (secondary N) is 1. The largest absolute Gasteiger partial charge is 0.468 e. The number of methoxy groups -OCH3 is 1. The molecule has 0 aliphatic carbocycles. The van der Waals surface area contributed by atoms with E-state index in [2.05, 4.69) is 20.2 Å². The van der Waals surface area contributed by atoms with Gasteiger partial charge in [0.25, 0.3) is 0 Å². The number of anilines is 1. The number of carbonyl (C=O) groups excluding carboxylic acids is 1. The van der Waals surface area contributed by atoms with Gasteiger partial charge in [-0.05, 0) is 29.8 Å². The summed E-state index contributed by atoms with van der Waals surface area (Å²) >= 11 is 12.5. The molecule has 3 aromatic rings. The molecular formula is C20H18Cl2N4O2. The lowest BCUT2D eigenvalue weighted by atomic mass is 10.0. The predicted octanol–water partition coefficient (Wildman–Crippen LogP) is 3.55. The van der Waals surface area contributed by atoms with E-state index in [1.165, 1.54) is 13.4 Å². The first-order chi connectivity index (χ1) is 13.6. The predicted molar refractivity (Wildman–Crippen MR) is 111 cm³/mol. The molecule has 1 N–H and O–H groups in total. The van der Waals surface area contributed by atoms with Crippen molar-refractivity contribution in [1.82, 2.24) is 15.3 Å². The highest BCUT2D eigenvalue weighted by Crippen LogP contribution is 2.35. The third-order valence-corrected chi connectivity index (χ3v) is 5.38. The number of nitrogens with zero attached hydrogens (tertiary/aromatic N) is 3. The van der Waals surface area contributed by atoms with Gasteiger partial charge in [0.2, 0.25) is 0 Å². The first-order valence-electron chi connectivity index (χ1n) is 8.83. The van der Waals surface area contributed by atoms with Crippen LogP contribution in [0.3, 0.4) is 0 Å². The van der Waals surface area contributed by atoms with E-state index in [4.69, 9.17) is 27.9 Å². The third kappa shape index (κ3) is 3.63. The van der Waals surface area contributed by atoms with Crippen molar-refractivity contribution in [2.75, 3.05) is 31.6 Å². The lowest BCUT2D eigenvalue weighted by molar-refractivity contribution is -0.143. The zero-order chi connectivity index (χ0) is 19.7. The molecule has 1 aliphatic rings. The van der Waals surface area contributed by atoms with Crippen molar-refractivity contribution in [3.8, 4) is 11.1 Å². The van der Waals surface area contributed by atoms with Crippen molar-refractivity contribution in [1.29, 1.82) is 0 Å². The van der Waals surface area contributed by atoms with Gasteiger partial charge in [0, 0.05) is 35.6 Å². The summed E-state index contributed by atoms with van der Waals surface area (Å²) in [5.74, 6) is 0.486. The fourth-order valence-electron chi connectivity index (χ4n) is 3.41. The number of benzene rings is 2. The minimum atomic E-state index is -0.396. The Morgan fingerprint density at radius 3 is 2.75 bits per heavy atom. The fourth-order valence-corrected chi connectivity index (χ4v) is 3.80. The van der Waals surface area contributed by atoms with Crippen LogP contribution in [-0.4, -0.2) is 48.7 Å². The summed E-state index contributed by atoms with van der Waals surface area (Å²) in [6.07, 6.45) is 1.52. The molecule has 0 radical (unpaired) electrons. The zero-order valence-corrected chi connectivity index (χ0v) is 16.7. The molecule has 1 atom stereocenters. The summed E-state index contributed by atoms with van der Waals surface area (Å²) in [5, 5.41) is 5.32. The molecule has 1 saturated heterocycles. The van der Waals surface area contributed by atoms with E-state index in [1.54, 1.807) is 0 Å². The molecule has 28 heavy (non-hydrogen) atoms. The molecule has 0 saturated carbocycles. The van der Waals surface area contributed by atoms with Crippen LogP contribution in [0.2, 0.25) is 10.0 Å². The van der Waals surface area contributed by atoms with Crippen molar-refractivity contribution in [3.63, 3.8) is 0 Å². The Bertz CT molecular complexity index is 1030. The van der Waals surface area contributed by atoms with Crippen LogP contribution < -0.4 is 10.2 Å². The Morgan fingerprint density at radius 1 is 1.21 bits per heavy atom. The first kappa shape index (κ1) is 18.9. The second-order valence-electron chi connectivity index (χ2n) is 6.53. The number of hydrogen-bond acceptors (Lipinski definition) is 6. The smallest absolute Gasteiger partial charge is 0.324 e. The van der Waals surface area contributed by atoms with E-state index < -0.39 is 6.04 Å². The average molecular weight is 417 g/mol. The lowest BCUT2D eigenvalue weighted by Crippen LogP contribution is -2.54. The molecule has 1 unspecified atom stereocenters. The Hall–Kier alpha value is -2.41. The van der Waals surface area contributed by atoms with E-state index >= 15 is 0 Å². The second-order valence-corrected chi connectivity index (χ2v) is 7.37.